The summed E-state index contributed by atoms with van der Waals surface area (Å²) in [5, 5.41) is -0.0773. The number of thiocarbonyl (C=S) groups is 1. The van der Waals surface area contributed by atoms with E-state index in [0.29, 0.717) is 6.42 Å². The lowest BCUT2D eigenvalue weighted by Crippen LogP contribution is -2.20. The van der Waals surface area contributed by atoms with E-state index in [9.17, 15) is 17.7 Å². The average molecular weight is 309 g/mol. The molecule has 17 heavy (non-hydrogen) atoms. The molecule has 2 atom stereocenters. The van der Waals surface area contributed by atoms with E-state index in [1.54, 1.807) is 6.92 Å². The van der Waals surface area contributed by atoms with E-state index < -0.39 is 19.5 Å². The molecular weight excluding hydrogens is 294 g/mol. The highest BCUT2D eigenvalue weighted by molar-refractivity contribution is 8.56. The Bertz CT molecular complexity index is 301. The Kier molecular flexibility index (Phi) is 7.06. The maximum atomic E-state index is 12.2. The zero-order valence-corrected chi connectivity index (χ0v) is 12.3. The second-order valence-corrected chi connectivity index (χ2v) is 8.43. The van der Waals surface area contributed by atoms with E-state index >= 15 is 0 Å². The third-order valence-corrected chi connectivity index (χ3v) is 7.56. The van der Waals surface area contributed by atoms with Crippen molar-refractivity contribution in [2.75, 3.05) is 13.7 Å². The molecule has 0 heterocycles. The van der Waals surface area contributed by atoms with Gasteiger partial charge in [0.25, 0.3) is 0 Å². The van der Waals surface area contributed by atoms with Gasteiger partial charge >= 0.3 is 12.9 Å². The molecule has 0 amide bonds. The van der Waals surface area contributed by atoms with Crippen molar-refractivity contribution in [2.45, 2.75) is 31.7 Å². The molecule has 0 bridgehead atoms. The van der Waals surface area contributed by atoms with E-state index in [1.807, 2.05) is 6.92 Å². The topological polar surface area (TPSA) is 29.5 Å². The number of hydrogen-bond acceptors (Lipinski definition) is 4. The first-order chi connectivity index (χ1) is 7.64. The minimum absolute atomic E-state index is 0.0773. The first-order valence-corrected chi connectivity index (χ1v) is 8.36. The zero-order chi connectivity index (χ0) is 13.7. The molecule has 0 saturated carbocycles. The second kappa shape index (κ2) is 6.97. The largest absolute Gasteiger partial charge is 0.412 e. The molecule has 0 aromatic carbocycles. The van der Waals surface area contributed by atoms with Crippen LogP contribution in [0.2, 0.25) is 0 Å². The van der Waals surface area contributed by atoms with Crippen molar-refractivity contribution >= 4 is 35.8 Å². The van der Waals surface area contributed by atoms with Crippen LogP contribution < -0.4 is 0 Å². The Morgan fingerprint density at radius 2 is 2.12 bits per heavy atom. The van der Waals surface area contributed by atoms with Gasteiger partial charge in [-0.2, -0.15) is 13.2 Å². The van der Waals surface area contributed by atoms with Gasteiger partial charge in [0.1, 0.15) is 0 Å². The Morgan fingerprint density at radius 1 is 1.59 bits per heavy atom. The molecule has 2 unspecified atom stereocenters. The Balaban J connectivity index is 4.74. The van der Waals surface area contributed by atoms with Crippen LogP contribution in [0.1, 0.15) is 20.3 Å². The van der Waals surface area contributed by atoms with Crippen LogP contribution in [0.4, 0.5) is 13.2 Å². The molecule has 0 fully saturated rings. The molecule has 102 valence electrons. The van der Waals surface area contributed by atoms with Gasteiger partial charge in [0.05, 0.1) is 5.49 Å². The first kappa shape index (κ1) is 17.2. The minimum atomic E-state index is -4.51. The van der Waals surface area contributed by atoms with Gasteiger partial charge in [-0.1, -0.05) is 26.1 Å². The summed E-state index contributed by atoms with van der Waals surface area (Å²) in [7, 11) is 1.35. The predicted molar refractivity (Wildman–Crippen MR) is 68.4 cm³/mol. The lowest BCUT2D eigenvalue weighted by atomic mass is 10.4. The van der Waals surface area contributed by atoms with Crippen molar-refractivity contribution in [3.63, 3.8) is 0 Å². The van der Waals surface area contributed by atoms with Gasteiger partial charge in [-0.25, -0.2) is 0 Å². The molecular formula is C8H15F3NO2PS2. The highest BCUT2D eigenvalue weighted by atomic mass is 32.7. The fraction of sp³-hybridized carbons (Fsp3) is 0.875. The summed E-state index contributed by atoms with van der Waals surface area (Å²) in [4.78, 5) is 0. The lowest BCUT2D eigenvalue weighted by Gasteiger charge is -2.27. The molecule has 0 aromatic heterocycles. The molecule has 0 aromatic rings. The Labute approximate surface area is 108 Å². The number of halogens is 3. The van der Waals surface area contributed by atoms with Gasteiger partial charge in [0, 0.05) is 12.3 Å². The summed E-state index contributed by atoms with van der Waals surface area (Å²) < 4.78 is 54.0. The lowest BCUT2D eigenvalue weighted by molar-refractivity contribution is -0.153. The van der Waals surface area contributed by atoms with Gasteiger partial charge < -0.3 is 0 Å². The van der Waals surface area contributed by atoms with Crippen LogP contribution in [0, 0.1) is 0 Å². The SMILES string of the molecule is CCC(C)SP(=O)(OCC(F)(F)F)N(C)C=S. The first-order valence-electron chi connectivity index (χ1n) is 4.83. The second-order valence-electron chi connectivity index (χ2n) is 3.36. The molecule has 0 N–H and O–H groups in total. The van der Waals surface area contributed by atoms with Crippen LogP contribution >= 0.6 is 30.3 Å². The maximum absolute atomic E-state index is 12.2. The quantitative estimate of drug-likeness (QED) is 0.522. The van der Waals surface area contributed by atoms with Crippen molar-refractivity contribution in [1.82, 2.24) is 4.67 Å². The molecule has 3 nitrogen and oxygen atoms in total. The van der Waals surface area contributed by atoms with Crippen LogP contribution in [-0.2, 0) is 9.09 Å². The standard InChI is InChI=1S/C8H15F3NO2PS2/c1-4-7(2)17-15(13,12(3)6-16)14-5-8(9,10)11/h6-7H,4-5H2,1-3H3. The average Bonchev–Trinajstić information content (AvgIpc) is 2.24. The normalized spacial score (nSPS) is 17.3. The van der Waals surface area contributed by atoms with Crippen LogP contribution in [0.5, 0.6) is 0 Å². The van der Waals surface area contributed by atoms with Crippen molar-refractivity contribution in [3.8, 4) is 0 Å². The van der Waals surface area contributed by atoms with Crippen LogP contribution in [-0.4, -0.2) is 35.2 Å². The van der Waals surface area contributed by atoms with Gasteiger partial charge in [-0.15, -0.1) is 0 Å². The van der Waals surface area contributed by atoms with Gasteiger partial charge in [0.15, 0.2) is 6.61 Å². The van der Waals surface area contributed by atoms with Crippen molar-refractivity contribution in [2.24, 2.45) is 0 Å². The number of alkyl halides is 3. The Hall–Kier alpha value is 0.220. The summed E-state index contributed by atoms with van der Waals surface area (Å²) in [5.41, 5.74) is 1.03. The summed E-state index contributed by atoms with van der Waals surface area (Å²) >= 11 is 5.46. The van der Waals surface area contributed by atoms with Crippen molar-refractivity contribution < 1.29 is 22.3 Å². The molecule has 0 radical (unpaired) electrons. The molecule has 0 spiro atoms. The third-order valence-electron chi connectivity index (χ3n) is 1.82. The molecule has 0 aliphatic carbocycles. The third kappa shape index (κ3) is 6.64. The number of rotatable bonds is 7. The van der Waals surface area contributed by atoms with E-state index in [4.69, 9.17) is 0 Å². The summed E-state index contributed by atoms with van der Waals surface area (Å²) in [6.45, 7) is -1.53. The Morgan fingerprint density at radius 3 is 2.47 bits per heavy atom. The summed E-state index contributed by atoms with van der Waals surface area (Å²) in [6, 6.07) is 0. The van der Waals surface area contributed by atoms with E-state index in [2.05, 4.69) is 16.7 Å². The molecule has 0 saturated heterocycles. The van der Waals surface area contributed by atoms with Crippen LogP contribution in [0.15, 0.2) is 0 Å². The summed E-state index contributed by atoms with van der Waals surface area (Å²) in [5.74, 6) is 0. The summed E-state index contributed by atoms with van der Waals surface area (Å²) in [6.07, 6.45) is -3.83. The number of nitrogens with zero attached hydrogens (tertiary/aromatic N) is 1. The van der Waals surface area contributed by atoms with E-state index in [-0.39, 0.29) is 5.25 Å². The van der Waals surface area contributed by atoms with Crippen molar-refractivity contribution in [1.29, 1.82) is 0 Å². The smallest absolute Gasteiger partial charge is 0.296 e. The van der Waals surface area contributed by atoms with Gasteiger partial charge in [-0.3, -0.25) is 13.8 Å². The molecule has 0 aliphatic rings. The van der Waals surface area contributed by atoms with Crippen molar-refractivity contribution in [3.05, 3.63) is 0 Å². The highest BCUT2D eigenvalue weighted by Gasteiger charge is 2.37. The van der Waals surface area contributed by atoms with Gasteiger partial charge in [-0.05, 0) is 17.8 Å². The molecule has 0 aliphatic heterocycles. The predicted octanol–water partition coefficient (Wildman–Crippen LogP) is 4.09. The minimum Gasteiger partial charge on any atom is -0.296 e. The number of hydrogen-bond donors (Lipinski definition) is 0. The molecule has 0 rings (SSSR count). The maximum Gasteiger partial charge on any atom is 0.412 e. The van der Waals surface area contributed by atoms with E-state index in [1.165, 1.54) is 7.05 Å². The van der Waals surface area contributed by atoms with E-state index in [0.717, 1.165) is 21.5 Å². The van der Waals surface area contributed by atoms with Crippen LogP contribution in [0.25, 0.3) is 0 Å². The fourth-order valence-corrected chi connectivity index (χ4v) is 5.42. The monoisotopic (exact) mass is 309 g/mol. The van der Waals surface area contributed by atoms with Crippen LogP contribution in [0.3, 0.4) is 0 Å². The molecule has 9 heteroatoms. The fourth-order valence-electron chi connectivity index (χ4n) is 0.710. The zero-order valence-electron chi connectivity index (χ0n) is 9.73. The highest BCUT2D eigenvalue weighted by Crippen LogP contribution is 2.63. The van der Waals surface area contributed by atoms with Gasteiger partial charge in [0.2, 0.25) is 0 Å².